The van der Waals surface area contributed by atoms with Gasteiger partial charge in [-0.1, -0.05) is 32.6 Å². The van der Waals surface area contributed by atoms with E-state index in [0.29, 0.717) is 0 Å². The number of aliphatic hydroxyl groups is 1. The van der Waals surface area contributed by atoms with Gasteiger partial charge in [0.1, 0.15) is 0 Å². The van der Waals surface area contributed by atoms with Gasteiger partial charge in [-0.25, -0.2) is 0 Å². The van der Waals surface area contributed by atoms with Gasteiger partial charge < -0.3 is 5.11 Å². The van der Waals surface area contributed by atoms with E-state index in [1.54, 1.807) is 4.68 Å². The van der Waals surface area contributed by atoms with Gasteiger partial charge in [-0.15, -0.1) is 0 Å². The van der Waals surface area contributed by atoms with Gasteiger partial charge in [-0.05, 0) is 12.5 Å². The molecule has 1 heterocycles. The maximum absolute atomic E-state index is 9.76. The van der Waals surface area contributed by atoms with Crippen LogP contribution in [0.25, 0.3) is 0 Å². The van der Waals surface area contributed by atoms with E-state index in [-0.39, 0.29) is 6.10 Å². The minimum absolute atomic E-state index is 0.381. The highest BCUT2D eigenvalue weighted by atomic mass is 16.3. The van der Waals surface area contributed by atoms with Crippen molar-refractivity contribution in [1.82, 2.24) is 9.78 Å². The van der Waals surface area contributed by atoms with Crippen molar-refractivity contribution in [3.05, 3.63) is 18.0 Å². The van der Waals surface area contributed by atoms with Crippen molar-refractivity contribution < 1.29 is 5.11 Å². The van der Waals surface area contributed by atoms with E-state index >= 15 is 0 Å². The van der Waals surface area contributed by atoms with Crippen molar-refractivity contribution in [3.63, 3.8) is 0 Å². The Morgan fingerprint density at radius 1 is 1.43 bits per heavy atom. The molecule has 1 unspecified atom stereocenters. The fourth-order valence-corrected chi connectivity index (χ4v) is 1.52. The molecule has 0 radical (unpaired) electrons. The van der Waals surface area contributed by atoms with Crippen LogP contribution in [0.5, 0.6) is 0 Å². The number of hydrogen-bond donors (Lipinski definition) is 1. The zero-order valence-corrected chi connectivity index (χ0v) is 9.11. The van der Waals surface area contributed by atoms with Crippen LogP contribution in [0.3, 0.4) is 0 Å². The molecule has 14 heavy (non-hydrogen) atoms. The van der Waals surface area contributed by atoms with Crippen LogP contribution in [0.2, 0.25) is 0 Å². The van der Waals surface area contributed by atoms with Crippen LogP contribution in [-0.4, -0.2) is 14.9 Å². The molecular formula is C11H20N2O. The number of aliphatic hydroxyl groups excluding tert-OH is 1. The van der Waals surface area contributed by atoms with Crippen LogP contribution in [0.4, 0.5) is 0 Å². The van der Waals surface area contributed by atoms with E-state index in [1.807, 2.05) is 19.3 Å². The Balaban J connectivity index is 2.25. The highest BCUT2D eigenvalue weighted by Crippen LogP contribution is 2.17. The van der Waals surface area contributed by atoms with E-state index < -0.39 is 0 Å². The summed E-state index contributed by atoms with van der Waals surface area (Å²) in [4.78, 5) is 0. The Labute approximate surface area is 85.8 Å². The third-order valence-corrected chi connectivity index (χ3v) is 2.41. The molecule has 0 saturated carbocycles. The zero-order chi connectivity index (χ0) is 10.4. The fraction of sp³-hybridized carbons (Fsp3) is 0.727. The monoisotopic (exact) mass is 196 g/mol. The first-order valence-corrected chi connectivity index (χ1v) is 5.41. The normalized spacial score (nSPS) is 13.1. The first kappa shape index (κ1) is 11.2. The average molecular weight is 196 g/mol. The van der Waals surface area contributed by atoms with Gasteiger partial charge in [-0.2, -0.15) is 5.10 Å². The van der Waals surface area contributed by atoms with Crippen LogP contribution in [0.1, 0.15) is 50.8 Å². The molecule has 0 spiro atoms. The predicted octanol–water partition coefficient (Wildman–Crippen LogP) is 2.42. The van der Waals surface area contributed by atoms with E-state index in [9.17, 15) is 5.11 Å². The largest absolute Gasteiger partial charge is 0.387 e. The molecule has 0 fully saturated rings. The molecule has 80 valence electrons. The molecule has 3 heteroatoms. The smallest absolute Gasteiger partial charge is 0.0978 e. The number of nitrogens with zero attached hydrogens (tertiary/aromatic N) is 2. The Bertz CT molecular complexity index is 258. The van der Waals surface area contributed by atoms with Crippen molar-refractivity contribution in [1.29, 1.82) is 0 Å². The van der Waals surface area contributed by atoms with Gasteiger partial charge in [0, 0.05) is 13.2 Å². The Kier molecular flexibility index (Phi) is 4.66. The molecule has 0 amide bonds. The van der Waals surface area contributed by atoms with E-state index in [0.717, 1.165) is 18.5 Å². The van der Waals surface area contributed by atoms with Crippen LogP contribution >= 0.6 is 0 Å². The molecule has 0 saturated heterocycles. The summed E-state index contributed by atoms with van der Waals surface area (Å²) in [6.45, 7) is 2.19. The molecule has 0 bridgehead atoms. The number of unbranched alkanes of at least 4 members (excludes halogenated alkanes) is 3. The molecule has 0 aliphatic carbocycles. The second-order valence-corrected chi connectivity index (χ2v) is 3.78. The lowest BCUT2D eigenvalue weighted by Crippen LogP contribution is -1.99. The average Bonchev–Trinajstić information content (AvgIpc) is 2.59. The standard InChI is InChI=1S/C11H20N2O/c1-3-4-5-6-7-11(14)10-8-9-13(2)12-10/h8-9,11,14H,3-7H2,1-2H3. The highest BCUT2D eigenvalue weighted by Gasteiger charge is 2.09. The topological polar surface area (TPSA) is 38.0 Å². The summed E-state index contributed by atoms with van der Waals surface area (Å²) >= 11 is 0. The molecule has 1 rings (SSSR count). The summed E-state index contributed by atoms with van der Waals surface area (Å²) < 4.78 is 1.73. The molecular weight excluding hydrogens is 176 g/mol. The second kappa shape index (κ2) is 5.81. The molecule has 0 aromatic carbocycles. The maximum Gasteiger partial charge on any atom is 0.0978 e. The second-order valence-electron chi connectivity index (χ2n) is 3.78. The minimum Gasteiger partial charge on any atom is -0.387 e. The summed E-state index contributed by atoms with van der Waals surface area (Å²) in [5.74, 6) is 0. The fourth-order valence-electron chi connectivity index (χ4n) is 1.52. The summed E-state index contributed by atoms with van der Waals surface area (Å²) in [5.41, 5.74) is 0.795. The first-order valence-electron chi connectivity index (χ1n) is 5.41. The minimum atomic E-state index is -0.381. The van der Waals surface area contributed by atoms with Crippen molar-refractivity contribution >= 4 is 0 Å². The van der Waals surface area contributed by atoms with Crippen molar-refractivity contribution in [3.8, 4) is 0 Å². The van der Waals surface area contributed by atoms with E-state index in [1.165, 1.54) is 19.3 Å². The predicted molar refractivity (Wildman–Crippen MR) is 56.9 cm³/mol. The lowest BCUT2D eigenvalue weighted by Gasteiger charge is -2.06. The summed E-state index contributed by atoms with van der Waals surface area (Å²) in [6, 6.07) is 1.88. The summed E-state index contributed by atoms with van der Waals surface area (Å²) in [6.07, 6.45) is 7.11. The number of hydrogen-bond acceptors (Lipinski definition) is 2. The number of rotatable bonds is 6. The van der Waals surface area contributed by atoms with Crippen LogP contribution in [-0.2, 0) is 7.05 Å². The van der Waals surface area contributed by atoms with Crippen molar-refractivity contribution in [2.45, 2.75) is 45.1 Å². The number of aryl methyl sites for hydroxylation is 1. The quantitative estimate of drug-likeness (QED) is 0.709. The molecule has 0 aliphatic heterocycles. The van der Waals surface area contributed by atoms with Crippen LogP contribution < -0.4 is 0 Å². The Hall–Kier alpha value is -0.830. The van der Waals surface area contributed by atoms with Crippen LogP contribution in [0, 0.1) is 0 Å². The molecule has 1 aromatic heterocycles. The summed E-state index contributed by atoms with van der Waals surface area (Å²) in [7, 11) is 1.87. The van der Waals surface area contributed by atoms with Gasteiger partial charge in [0.05, 0.1) is 11.8 Å². The van der Waals surface area contributed by atoms with Gasteiger partial charge in [0.25, 0.3) is 0 Å². The molecule has 0 aliphatic rings. The maximum atomic E-state index is 9.76. The molecule has 3 nitrogen and oxygen atoms in total. The van der Waals surface area contributed by atoms with Gasteiger partial charge >= 0.3 is 0 Å². The molecule has 1 aromatic rings. The third kappa shape index (κ3) is 3.50. The van der Waals surface area contributed by atoms with Gasteiger partial charge in [0.2, 0.25) is 0 Å². The van der Waals surface area contributed by atoms with Gasteiger partial charge in [0.15, 0.2) is 0 Å². The lowest BCUT2D eigenvalue weighted by atomic mass is 10.1. The zero-order valence-electron chi connectivity index (χ0n) is 9.11. The molecule has 1 atom stereocenters. The van der Waals surface area contributed by atoms with Crippen molar-refractivity contribution in [2.75, 3.05) is 0 Å². The van der Waals surface area contributed by atoms with E-state index in [4.69, 9.17) is 0 Å². The Morgan fingerprint density at radius 3 is 2.79 bits per heavy atom. The van der Waals surface area contributed by atoms with E-state index in [2.05, 4.69) is 12.0 Å². The Morgan fingerprint density at radius 2 is 2.21 bits per heavy atom. The van der Waals surface area contributed by atoms with Crippen molar-refractivity contribution in [2.24, 2.45) is 7.05 Å². The van der Waals surface area contributed by atoms with Gasteiger partial charge in [-0.3, -0.25) is 4.68 Å². The lowest BCUT2D eigenvalue weighted by molar-refractivity contribution is 0.158. The van der Waals surface area contributed by atoms with Crippen LogP contribution in [0.15, 0.2) is 12.3 Å². The molecule has 1 N–H and O–H groups in total. The summed E-state index contributed by atoms with van der Waals surface area (Å²) in [5, 5.41) is 13.9. The third-order valence-electron chi connectivity index (χ3n) is 2.41. The highest BCUT2D eigenvalue weighted by molar-refractivity contribution is 5.02. The SMILES string of the molecule is CCCCCCC(O)c1ccn(C)n1. The first-order chi connectivity index (χ1) is 6.74. The number of aromatic nitrogens is 2.